The van der Waals surface area contributed by atoms with Gasteiger partial charge >= 0.3 is 12.3 Å². The number of benzene rings is 2. The van der Waals surface area contributed by atoms with E-state index in [1.807, 2.05) is 18.7 Å². The number of aliphatic carboxylic acids is 1. The molecule has 3 rings (SSSR count). The second kappa shape index (κ2) is 17.0. The molecule has 0 radical (unpaired) electrons. The van der Waals surface area contributed by atoms with Crippen LogP contribution in [0.4, 0.5) is 13.2 Å². The minimum atomic E-state index is -4.74. The van der Waals surface area contributed by atoms with Crippen molar-refractivity contribution in [1.29, 1.82) is 0 Å². The highest BCUT2D eigenvalue weighted by Crippen LogP contribution is 2.44. The lowest BCUT2D eigenvalue weighted by molar-refractivity contribution is -0.274. The van der Waals surface area contributed by atoms with Crippen LogP contribution in [0.3, 0.4) is 0 Å². The van der Waals surface area contributed by atoms with Gasteiger partial charge in [-0.05, 0) is 92.2 Å². The van der Waals surface area contributed by atoms with Gasteiger partial charge in [0.25, 0.3) is 0 Å². The van der Waals surface area contributed by atoms with Crippen molar-refractivity contribution in [3.63, 3.8) is 0 Å². The molecule has 11 heteroatoms. The number of rotatable bonds is 13. The Kier molecular flexibility index (Phi) is 14.1. The third kappa shape index (κ3) is 12.6. The summed E-state index contributed by atoms with van der Waals surface area (Å²) in [5, 5.41) is 10.2. The molecule has 0 aromatic heterocycles. The van der Waals surface area contributed by atoms with E-state index in [1.165, 1.54) is 17.7 Å². The van der Waals surface area contributed by atoms with Gasteiger partial charge in [-0.25, -0.2) is 0 Å². The van der Waals surface area contributed by atoms with Gasteiger partial charge < -0.3 is 20.1 Å². The quantitative estimate of drug-likeness (QED) is 0.141. The molecule has 0 atom stereocenters. The molecule has 2 N–H and O–H groups in total. The van der Waals surface area contributed by atoms with E-state index in [1.54, 1.807) is 12.1 Å². The third-order valence-electron chi connectivity index (χ3n) is 8.10. The SMILES string of the molecule is CC/C(=N\C1(N(C=O)CCc2ccc(C)cc2)CCC(C(C)(C)C)CC1)c1ccc(OC(F)(F)F)cc1.O=CNCCC(=O)O. The summed E-state index contributed by atoms with van der Waals surface area (Å²) in [6, 6.07) is 14.2. The first-order valence-electron chi connectivity index (χ1n) is 15.2. The molecule has 0 bridgehead atoms. The molecule has 1 fully saturated rings. The van der Waals surface area contributed by atoms with Crippen LogP contribution >= 0.6 is 0 Å². The van der Waals surface area contributed by atoms with Crippen LogP contribution in [0.15, 0.2) is 53.5 Å². The largest absolute Gasteiger partial charge is 0.573 e. The van der Waals surface area contributed by atoms with E-state index in [2.05, 4.69) is 55.1 Å². The zero-order chi connectivity index (χ0) is 33.7. The Morgan fingerprint density at radius 1 is 1.07 bits per heavy atom. The van der Waals surface area contributed by atoms with Crippen molar-refractivity contribution >= 4 is 24.5 Å². The number of nitrogens with one attached hydrogen (secondary N) is 1. The fourth-order valence-electron chi connectivity index (χ4n) is 5.46. The van der Waals surface area contributed by atoms with Crippen molar-refractivity contribution in [3.05, 3.63) is 65.2 Å². The number of hydrogen-bond donors (Lipinski definition) is 2. The van der Waals surface area contributed by atoms with E-state index >= 15 is 0 Å². The number of aliphatic imine (C=N–C) groups is 1. The van der Waals surface area contributed by atoms with E-state index in [0.717, 1.165) is 55.4 Å². The van der Waals surface area contributed by atoms with Crippen molar-refractivity contribution in [1.82, 2.24) is 10.2 Å². The Morgan fingerprint density at radius 3 is 2.13 bits per heavy atom. The average Bonchev–Trinajstić information content (AvgIpc) is 2.97. The zero-order valence-corrected chi connectivity index (χ0v) is 26.8. The number of aryl methyl sites for hydroxylation is 1. The van der Waals surface area contributed by atoms with Crippen LogP contribution in [0.1, 0.15) is 82.9 Å². The first-order valence-corrected chi connectivity index (χ1v) is 15.2. The fourth-order valence-corrected chi connectivity index (χ4v) is 5.46. The predicted octanol–water partition coefficient (Wildman–Crippen LogP) is 6.93. The summed E-state index contributed by atoms with van der Waals surface area (Å²) in [5.74, 6) is -0.635. The first-order chi connectivity index (χ1) is 21.1. The van der Waals surface area contributed by atoms with Crippen molar-refractivity contribution < 1.29 is 37.4 Å². The summed E-state index contributed by atoms with van der Waals surface area (Å²) in [7, 11) is 0. The molecule has 0 spiro atoms. The summed E-state index contributed by atoms with van der Waals surface area (Å²) >= 11 is 0. The highest BCUT2D eigenvalue weighted by atomic mass is 19.4. The van der Waals surface area contributed by atoms with Crippen molar-refractivity contribution in [2.45, 2.75) is 91.6 Å². The maximum Gasteiger partial charge on any atom is 0.573 e. The molecule has 1 aliphatic carbocycles. The van der Waals surface area contributed by atoms with Crippen LogP contribution in [0.25, 0.3) is 0 Å². The van der Waals surface area contributed by atoms with Crippen LogP contribution in [0, 0.1) is 18.3 Å². The number of nitrogens with zero attached hydrogens (tertiary/aromatic N) is 2. The van der Waals surface area contributed by atoms with Gasteiger partial charge in [0.15, 0.2) is 0 Å². The standard InChI is InChI=1S/C30H39F3N2O2.C4H7NO3/c1-6-27(24-11-13-26(14-12-24)37-30(31,32)33)34-29(18-15-25(16-19-29)28(3,4)5)35(21-36)20-17-23-9-7-22(2)8-10-23;6-3-5-2-1-4(7)8/h7-14,21,25H,6,15-20H2,1-5H3;3H,1-2H2,(H,5,6)(H,7,8)/b34-27+;. The minimum Gasteiger partial charge on any atom is -0.481 e. The number of carbonyl (C=O) groups excluding carboxylic acids is 2. The molecule has 0 unspecified atom stereocenters. The van der Waals surface area contributed by atoms with Crippen LogP contribution in [0.2, 0.25) is 0 Å². The lowest BCUT2D eigenvalue weighted by Crippen LogP contribution is -2.51. The Balaban J connectivity index is 0.000000777. The number of ether oxygens (including phenoxy) is 1. The molecule has 2 amide bonds. The molecular weight excluding hydrogens is 587 g/mol. The molecule has 248 valence electrons. The maximum atomic E-state index is 12.6. The van der Waals surface area contributed by atoms with Crippen molar-refractivity contribution in [2.24, 2.45) is 16.3 Å². The third-order valence-corrected chi connectivity index (χ3v) is 8.10. The van der Waals surface area contributed by atoms with E-state index in [4.69, 9.17) is 10.1 Å². The zero-order valence-electron chi connectivity index (χ0n) is 26.8. The Bertz CT molecular complexity index is 1250. The summed E-state index contributed by atoms with van der Waals surface area (Å²) < 4.78 is 41.8. The molecule has 0 aliphatic heterocycles. The van der Waals surface area contributed by atoms with Gasteiger partial charge in [0.2, 0.25) is 12.8 Å². The molecule has 45 heavy (non-hydrogen) atoms. The molecular formula is C34H46F3N3O5. The van der Waals surface area contributed by atoms with Gasteiger partial charge in [-0.1, -0.05) is 57.5 Å². The molecule has 1 aliphatic rings. The van der Waals surface area contributed by atoms with Crippen molar-refractivity contribution in [2.75, 3.05) is 13.1 Å². The van der Waals surface area contributed by atoms with E-state index in [-0.39, 0.29) is 24.1 Å². The molecule has 1 saturated carbocycles. The number of carboxylic acids is 1. The van der Waals surface area contributed by atoms with Gasteiger partial charge in [0.05, 0.1) is 6.42 Å². The summed E-state index contributed by atoms with van der Waals surface area (Å²) in [6.07, 6.45) is 1.37. The number of carbonyl (C=O) groups is 3. The minimum absolute atomic E-state index is 0.0151. The van der Waals surface area contributed by atoms with Gasteiger partial charge in [0, 0.05) is 18.8 Å². The average molecular weight is 634 g/mol. The van der Waals surface area contributed by atoms with Gasteiger partial charge in [-0.15, -0.1) is 13.2 Å². The molecule has 2 aromatic rings. The topological polar surface area (TPSA) is 108 Å². The second-order valence-electron chi connectivity index (χ2n) is 12.4. The highest BCUT2D eigenvalue weighted by molar-refractivity contribution is 6.00. The second-order valence-corrected chi connectivity index (χ2v) is 12.4. The Morgan fingerprint density at radius 2 is 1.67 bits per heavy atom. The lowest BCUT2D eigenvalue weighted by Gasteiger charge is -2.47. The predicted molar refractivity (Wildman–Crippen MR) is 168 cm³/mol. The van der Waals surface area contributed by atoms with Crippen LogP contribution < -0.4 is 10.1 Å². The van der Waals surface area contributed by atoms with Crippen LogP contribution in [-0.4, -0.2) is 59.6 Å². The van der Waals surface area contributed by atoms with Crippen LogP contribution in [-0.2, 0) is 20.8 Å². The van der Waals surface area contributed by atoms with E-state index < -0.39 is 18.0 Å². The van der Waals surface area contributed by atoms with Gasteiger partial charge in [0.1, 0.15) is 11.4 Å². The maximum absolute atomic E-state index is 12.6. The molecule has 2 aromatic carbocycles. The smallest absolute Gasteiger partial charge is 0.481 e. The number of alkyl halides is 3. The van der Waals surface area contributed by atoms with Crippen molar-refractivity contribution in [3.8, 4) is 5.75 Å². The van der Waals surface area contributed by atoms with Gasteiger partial charge in [-0.2, -0.15) is 0 Å². The summed E-state index contributed by atoms with van der Waals surface area (Å²) in [4.78, 5) is 38.8. The normalized spacial score (nSPS) is 18.7. The number of hydrogen-bond acceptors (Lipinski definition) is 5. The molecule has 0 saturated heterocycles. The van der Waals surface area contributed by atoms with Gasteiger partial charge in [-0.3, -0.25) is 19.4 Å². The van der Waals surface area contributed by atoms with E-state index in [9.17, 15) is 27.6 Å². The Labute approximate surface area is 264 Å². The summed E-state index contributed by atoms with van der Waals surface area (Å²) in [5.41, 5.74) is 3.35. The summed E-state index contributed by atoms with van der Waals surface area (Å²) in [6.45, 7) is 11.5. The fraction of sp³-hybridized carbons (Fsp3) is 0.529. The molecule has 8 nitrogen and oxygen atoms in total. The molecule has 0 heterocycles. The first kappa shape index (κ1) is 37.3. The Hall–Kier alpha value is -3.89. The number of carboxylic acid groups (broad SMARTS) is 1. The van der Waals surface area contributed by atoms with E-state index in [0.29, 0.717) is 25.3 Å². The number of halogens is 3. The number of amides is 2. The monoisotopic (exact) mass is 633 g/mol. The lowest BCUT2D eigenvalue weighted by atomic mass is 9.69. The highest BCUT2D eigenvalue weighted by Gasteiger charge is 2.42. The van der Waals surface area contributed by atoms with Crippen LogP contribution in [0.5, 0.6) is 5.75 Å².